The molecule has 0 unspecified atom stereocenters. The minimum absolute atomic E-state index is 0. The predicted molar refractivity (Wildman–Crippen MR) is 117 cm³/mol. The first-order chi connectivity index (χ1) is 12.2. The number of nitrogens with zero attached hydrogens (tertiary/aromatic N) is 1. The fraction of sp³-hybridized carbons (Fsp3) is 0.333. The van der Waals surface area contributed by atoms with Crippen LogP contribution in [0, 0.1) is 0 Å². The second-order valence-electron chi connectivity index (χ2n) is 5.31. The molecule has 0 atom stereocenters. The normalized spacial score (nSPS) is 10.6. The number of hydrogen-bond acceptors (Lipinski definition) is 4. The highest BCUT2D eigenvalue weighted by Crippen LogP contribution is 2.10. The Morgan fingerprint density at radius 3 is 2.50 bits per heavy atom. The number of aliphatic imine (C=N–C) groups is 1. The van der Waals surface area contributed by atoms with Gasteiger partial charge >= 0.3 is 0 Å². The van der Waals surface area contributed by atoms with E-state index in [9.17, 15) is 4.79 Å². The van der Waals surface area contributed by atoms with Crippen LogP contribution in [0.25, 0.3) is 0 Å². The Labute approximate surface area is 175 Å². The van der Waals surface area contributed by atoms with E-state index in [-0.39, 0.29) is 36.4 Å². The van der Waals surface area contributed by atoms with E-state index in [4.69, 9.17) is 4.74 Å². The Morgan fingerprint density at radius 1 is 1.12 bits per heavy atom. The molecule has 8 heteroatoms. The van der Waals surface area contributed by atoms with Crippen molar-refractivity contribution in [2.45, 2.75) is 20.0 Å². The summed E-state index contributed by atoms with van der Waals surface area (Å²) in [6.45, 7) is 3.97. The van der Waals surface area contributed by atoms with Gasteiger partial charge in [-0.25, -0.2) is 4.99 Å². The van der Waals surface area contributed by atoms with Gasteiger partial charge in [0.2, 0.25) is 5.91 Å². The van der Waals surface area contributed by atoms with Gasteiger partial charge in [0, 0.05) is 13.1 Å². The third-order valence-electron chi connectivity index (χ3n) is 3.41. The Balaban J connectivity index is 0.00000338. The number of methoxy groups -OCH3 is 1. The summed E-state index contributed by atoms with van der Waals surface area (Å²) < 4.78 is 5.12. The molecular weight excluding hydrogens is 463 g/mol. The predicted octanol–water partition coefficient (Wildman–Crippen LogP) is 2.75. The molecule has 0 spiro atoms. The lowest BCUT2D eigenvalue weighted by molar-refractivity contribution is -0.120. The van der Waals surface area contributed by atoms with E-state index in [2.05, 4.69) is 26.3 Å². The van der Waals surface area contributed by atoms with E-state index < -0.39 is 0 Å². The van der Waals surface area contributed by atoms with E-state index in [1.807, 2.05) is 42.6 Å². The van der Waals surface area contributed by atoms with Gasteiger partial charge in [-0.05, 0) is 47.0 Å². The second kappa shape index (κ2) is 12.5. The summed E-state index contributed by atoms with van der Waals surface area (Å²) in [7, 11) is 1.63. The lowest BCUT2D eigenvalue weighted by Crippen LogP contribution is -2.43. The molecule has 0 bridgehead atoms. The molecule has 2 aromatic rings. The van der Waals surface area contributed by atoms with Gasteiger partial charge in [0.05, 0.1) is 20.2 Å². The smallest absolute Gasteiger partial charge is 0.239 e. The molecule has 0 aliphatic heterocycles. The Bertz CT molecular complexity index is 675. The highest BCUT2D eigenvalue weighted by molar-refractivity contribution is 14.0. The van der Waals surface area contributed by atoms with Crippen molar-refractivity contribution in [3.05, 3.63) is 52.2 Å². The molecule has 0 saturated carbocycles. The molecular formula is C18H25IN4O2S. The SMILES string of the molecule is CCNC(=NCc1ccsc1)NCC(=O)NCc1ccc(OC)cc1.I. The summed E-state index contributed by atoms with van der Waals surface area (Å²) in [4.78, 5) is 16.5. The van der Waals surface area contributed by atoms with Crippen LogP contribution in [0.15, 0.2) is 46.1 Å². The second-order valence-corrected chi connectivity index (χ2v) is 6.09. The van der Waals surface area contributed by atoms with Gasteiger partial charge in [-0.2, -0.15) is 11.3 Å². The molecule has 26 heavy (non-hydrogen) atoms. The summed E-state index contributed by atoms with van der Waals surface area (Å²) in [6.07, 6.45) is 0. The van der Waals surface area contributed by atoms with Crippen LogP contribution in [-0.2, 0) is 17.9 Å². The van der Waals surface area contributed by atoms with Crippen molar-refractivity contribution in [1.82, 2.24) is 16.0 Å². The van der Waals surface area contributed by atoms with Gasteiger partial charge in [0.1, 0.15) is 5.75 Å². The van der Waals surface area contributed by atoms with Crippen LogP contribution in [-0.4, -0.2) is 32.1 Å². The van der Waals surface area contributed by atoms with E-state index in [0.29, 0.717) is 19.0 Å². The first kappa shape index (κ1) is 22.2. The number of amides is 1. The number of benzene rings is 1. The minimum Gasteiger partial charge on any atom is -0.497 e. The van der Waals surface area contributed by atoms with E-state index in [1.54, 1.807) is 18.4 Å². The van der Waals surface area contributed by atoms with Crippen molar-refractivity contribution < 1.29 is 9.53 Å². The monoisotopic (exact) mass is 488 g/mol. The molecule has 0 saturated heterocycles. The van der Waals surface area contributed by atoms with E-state index in [1.165, 1.54) is 0 Å². The quantitative estimate of drug-likeness (QED) is 0.304. The van der Waals surface area contributed by atoms with Crippen molar-refractivity contribution >= 4 is 47.2 Å². The molecule has 0 radical (unpaired) electrons. The zero-order chi connectivity index (χ0) is 17.9. The van der Waals surface area contributed by atoms with Crippen LogP contribution in [0.1, 0.15) is 18.1 Å². The standard InChI is InChI=1S/C18H24N4O2S.HI/c1-3-19-18(21-11-15-8-9-25-13-15)22-12-17(23)20-10-14-4-6-16(24-2)7-5-14;/h4-9,13H,3,10-12H2,1-2H3,(H,20,23)(H2,19,21,22);1H. The average Bonchev–Trinajstić information content (AvgIpc) is 3.16. The summed E-state index contributed by atoms with van der Waals surface area (Å²) >= 11 is 1.65. The van der Waals surface area contributed by atoms with Crippen LogP contribution in [0.4, 0.5) is 0 Å². The fourth-order valence-corrected chi connectivity index (χ4v) is 2.73. The molecule has 0 aliphatic carbocycles. The summed E-state index contributed by atoms with van der Waals surface area (Å²) in [5, 5.41) is 13.2. The minimum atomic E-state index is -0.0862. The van der Waals surface area contributed by atoms with Gasteiger partial charge in [0.25, 0.3) is 0 Å². The number of guanidine groups is 1. The van der Waals surface area contributed by atoms with Crippen LogP contribution in [0.5, 0.6) is 5.75 Å². The van der Waals surface area contributed by atoms with E-state index >= 15 is 0 Å². The number of carbonyl (C=O) groups excluding carboxylic acids is 1. The molecule has 142 valence electrons. The first-order valence-electron chi connectivity index (χ1n) is 8.14. The van der Waals surface area contributed by atoms with Crippen molar-refractivity contribution in [2.24, 2.45) is 4.99 Å². The number of nitrogens with one attached hydrogen (secondary N) is 3. The van der Waals surface area contributed by atoms with Gasteiger partial charge < -0.3 is 20.7 Å². The van der Waals surface area contributed by atoms with Crippen molar-refractivity contribution in [3.8, 4) is 5.75 Å². The van der Waals surface area contributed by atoms with E-state index in [0.717, 1.165) is 23.4 Å². The Kier molecular flexibility index (Phi) is 10.7. The maximum absolute atomic E-state index is 12.0. The molecule has 3 N–H and O–H groups in total. The molecule has 1 heterocycles. The lowest BCUT2D eigenvalue weighted by Gasteiger charge is -2.11. The van der Waals surface area contributed by atoms with Crippen LogP contribution in [0.2, 0.25) is 0 Å². The molecule has 6 nitrogen and oxygen atoms in total. The van der Waals surface area contributed by atoms with Crippen LogP contribution in [0.3, 0.4) is 0 Å². The molecule has 2 rings (SSSR count). The number of rotatable bonds is 8. The molecule has 1 aromatic heterocycles. The molecule has 0 fully saturated rings. The third-order valence-corrected chi connectivity index (χ3v) is 4.14. The highest BCUT2D eigenvalue weighted by Gasteiger charge is 2.04. The summed E-state index contributed by atoms with van der Waals surface area (Å²) in [5.41, 5.74) is 2.18. The Hall–Kier alpha value is -1.81. The molecule has 1 aromatic carbocycles. The summed E-state index contributed by atoms with van der Waals surface area (Å²) in [5.74, 6) is 1.35. The topological polar surface area (TPSA) is 74.8 Å². The number of carbonyl (C=O) groups is 1. The summed E-state index contributed by atoms with van der Waals surface area (Å²) in [6, 6.07) is 9.65. The van der Waals surface area contributed by atoms with Crippen molar-refractivity contribution in [3.63, 3.8) is 0 Å². The highest BCUT2D eigenvalue weighted by atomic mass is 127. The van der Waals surface area contributed by atoms with Gasteiger partial charge in [-0.15, -0.1) is 24.0 Å². The fourth-order valence-electron chi connectivity index (χ4n) is 2.07. The molecule has 0 aliphatic rings. The number of ether oxygens (including phenoxy) is 1. The largest absolute Gasteiger partial charge is 0.497 e. The van der Waals surface area contributed by atoms with Crippen molar-refractivity contribution in [2.75, 3.05) is 20.2 Å². The maximum Gasteiger partial charge on any atom is 0.239 e. The van der Waals surface area contributed by atoms with Gasteiger partial charge in [0.15, 0.2) is 5.96 Å². The number of thiophene rings is 1. The van der Waals surface area contributed by atoms with Gasteiger partial charge in [-0.1, -0.05) is 12.1 Å². The van der Waals surface area contributed by atoms with Crippen molar-refractivity contribution in [1.29, 1.82) is 0 Å². The van der Waals surface area contributed by atoms with Crippen LogP contribution >= 0.6 is 35.3 Å². The van der Waals surface area contributed by atoms with Crippen LogP contribution < -0.4 is 20.7 Å². The maximum atomic E-state index is 12.0. The van der Waals surface area contributed by atoms with Gasteiger partial charge in [-0.3, -0.25) is 4.79 Å². The zero-order valence-corrected chi connectivity index (χ0v) is 18.1. The molecule has 1 amide bonds. The number of halogens is 1. The average molecular weight is 488 g/mol. The Morgan fingerprint density at radius 2 is 1.88 bits per heavy atom. The third kappa shape index (κ3) is 8.05. The zero-order valence-electron chi connectivity index (χ0n) is 15.0. The number of hydrogen-bond donors (Lipinski definition) is 3. The lowest BCUT2D eigenvalue weighted by atomic mass is 10.2. The first-order valence-corrected chi connectivity index (χ1v) is 9.08.